The second-order valence-electron chi connectivity index (χ2n) is 6.39. The van der Waals surface area contributed by atoms with E-state index in [4.69, 9.17) is 10.5 Å². The number of hydrogen-bond acceptors (Lipinski definition) is 3. The lowest BCUT2D eigenvalue weighted by atomic mass is 9.92. The third-order valence-corrected chi connectivity index (χ3v) is 4.68. The summed E-state index contributed by atoms with van der Waals surface area (Å²) in [6.07, 6.45) is 3.17. The first-order chi connectivity index (χ1) is 11.4. The van der Waals surface area contributed by atoms with Crippen molar-refractivity contribution in [1.82, 2.24) is 4.90 Å². The zero-order valence-corrected chi connectivity index (χ0v) is 14.3. The minimum atomic E-state index is -0.393. The summed E-state index contributed by atoms with van der Waals surface area (Å²) in [7, 11) is 1.43. The zero-order chi connectivity index (χ0) is 17.7. The summed E-state index contributed by atoms with van der Waals surface area (Å²) >= 11 is 0. The Hall–Kier alpha value is -2.11. The molecular weight excluding hydrogens is 311 g/mol. The number of ether oxygens (including phenoxy) is 1. The maximum Gasteiger partial charge on any atom is 0.222 e. The molecule has 1 heterocycles. The van der Waals surface area contributed by atoms with Crippen LogP contribution in [0.15, 0.2) is 18.2 Å². The number of benzene rings is 1. The second kappa shape index (κ2) is 8.13. The van der Waals surface area contributed by atoms with Crippen LogP contribution in [-0.4, -0.2) is 36.4 Å². The van der Waals surface area contributed by atoms with E-state index in [-0.39, 0.29) is 29.5 Å². The third kappa shape index (κ3) is 4.46. The predicted octanol–water partition coefficient (Wildman–Crippen LogP) is 2.27. The Morgan fingerprint density at radius 1 is 1.38 bits per heavy atom. The number of nitrogens with two attached hydrogens (primary N) is 1. The molecule has 2 N–H and O–H groups in total. The lowest BCUT2D eigenvalue weighted by Gasteiger charge is -2.37. The molecule has 2 rings (SSSR count). The van der Waals surface area contributed by atoms with Gasteiger partial charge in [-0.25, -0.2) is 4.39 Å². The van der Waals surface area contributed by atoms with Crippen LogP contribution in [0.3, 0.4) is 0 Å². The molecule has 5 nitrogen and oxygen atoms in total. The van der Waals surface area contributed by atoms with Gasteiger partial charge in [0.15, 0.2) is 11.6 Å². The molecule has 1 saturated heterocycles. The van der Waals surface area contributed by atoms with E-state index in [2.05, 4.69) is 0 Å². The highest BCUT2D eigenvalue weighted by atomic mass is 19.1. The Labute approximate surface area is 142 Å². The maximum absolute atomic E-state index is 13.7. The number of rotatable bonds is 6. The lowest BCUT2D eigenvalue weighted by molar-refractivity contribution is -0.137. The van der Waals surface area contributed by atoms with Crippen LogP contribution in [-0.2, 0) is 16.0 Å². The number of likely N-dealkylation sites (tertiary alicyclic amines) is 1. The number of nitrogens with zero attached hydrogens (tertiary/aromatic N) is 1. The SMILES string of the molecule is COc1ccc(CCCC(=O)N2C[C@@H](C(N)=O)CC[C@@H]2C)cc1F. The van der Waals surface area contributed by atoms with Gasteiger partial charge in [0, 0.05) is 19.0 Å². The van der Waals surface area contributed by atoms with Gasteiger partial charge in [-0.3, -0.25) is 9.59 Å². The molecule has 0 spiro atoms. The van der Waals surface area contributed by atoms with Crippen molar-refractivity contribution in [3.8, 4) is 5.75 Å². The van der Waals surface area contributed by atoms with Gasteiger partial charge in [0.25, 0.3) is 0 Å². The summed E-state index contributed by atoms with van der Waals surface area (Å²) in [5.74, 6) is -0.735. The van der Waals surface area contributed by atoms with E-state index in [1.165, 1.54) is 13.2 Å². The molecule has 1 aliphatic rings. The quantitative estimate of drug-likeness (QED) is 0.866. The fourth-order valence-electron chi connectivity index (χ4n) is 3.14. The fourth-order valence-corrected chi connectivity index (χ4v) is 3.14. The highest BCUT2D eigenvalue weighted by molar-refractivity contribution is 5.80. The van der Waals surface area contributed by atoms with E-state index in [1.807, 2.05) is 6.92 Å². The average molecular weight is 336 g/mol. The number of aryl methyl sites for hydroxylation is 1. The van der Waals surface area contributed by atoms with Crippen LogP contribution >= 0.6 is 0 Å². The molecule has 0 saturated carbocycles. The van der Waals surface area contributed by atoms with Gasteiger partial charge in [-0.1, -0.05) is 6.07 Å². The molecule has 2 amide bonds. The van der Waals surface area contributed by atoms with E-state index in [1.54, 1.807) is 17.0 Å². The molecule has 1 aromatic carbocycles. The number of carbonyl (C=O) groups excluding carboxylic acids is 2. The van der Waals surface area contributed by atoms with Crippen LogP contribution in [0.2, 0.25) is 0 Å². The van der Waals surface area contributed by atoms with Crippen molar-refractivity contribution in [2.45, 2.75) is 45.1 Å². The summed E-state index contributed by atoms with van der Waals surface area (Å²) in [6, 6.07) is 4.97. The molecule has 0 radical (unpaired) electrons. The molecule has 24 heavy (non-hydrogen) atoms. The van der Waals surface area contributed by atoms with Gasteiger partial charge >= 0.3 is 0 Å². The van der Waals surface area contributed by atoms with Crippen molar-refractivity contribution in [3.05, 3.63) is 29.6 Å². The second-order valence-corrected chi connectivity index (χ2v) is 6.39. The fraction of sp³-hybridized carbons (Fsp3) is 0.556. The highest BCUT2D eigenvalue weighted by Gasteiger charge is 2.31. The van der Waals surface area contributed by atoms with Crippen LogP contribution in [0, 0.1) is 11.7 Å². The summed E-state index contributed by atoms with van der Waals surface area (Å²) in [4.78, 5) is 25.5. The average Bonchev–Trinajstić information content (AvgIpc) is 2.55. The first kappa shape index (κ1) is 18.2. The first-order valence-electron chi connectivity index (χ1n) is 8.33. The highest BCUT2D eigenvalue weighted by Crippen LogP contribution is 2.23. The molecular formula is C18H25FN2O3. The van der Waals surface area contributed by atoms with Gasteiger partial charge in [0.05, 0.1) is 13.0 Å². The summed E-state index contributed by atoms with van der Waals surface area (Å²) < 4.78 is 18.5. The summed E-state index contributed by atoms with van der Waals surface area (Å²) in [5.41, 5.74) is 6.20. The summed E-state index contributed by atoms with van der Waals surface area (Å²) in [6.45, 7) is 2.40. The molecule has 132 valence electrons. The Bertz CT molecular complexity index is 606. The van der Waals surface area contributed by atoms with E-state index >= 15 is 0 Å². The van der Waals surface area contributed by atoms with E-state index in [0.29, 0.717) is 25.8 Å². The zero-order valence-electron chi connectivity index (χ0n) is 14.3. The molecule has 1 aromatic rings. The maximum atomic E-state index is 13.7. The van der Waals surface area contributed by atoms with Gasteiger partial charge in [0.1, 0.15) is 0 Å². The van der Waals surface area contributed by atoms with E-state index in [9.17, 15) is 14.0 Å². The molecule has 0 bridgehead atoms. The van der Waals surface area contributed by atoms with Crippen molar-refractivity contribution in [2.24, 2.45) is 11.7 Å². The molecule has 0 aromatic heterocycles. The van der Waals surface area contributed by atoms with Crippen molar-refractivity contribution in [1.29, 1.82) is 0 Å². The standard InChI is InChI=1S/C18H25FN2O3/c1-12-6-8-14(18(20)23)11-21(12)17(22)5-3-4-13-7-9-16(24-2)15(19)10-13/h7,9-10,12,14H,3-6,8,11H2,1-2H3,(H2,20,23)/t12-,14-/m0/s1. The van der Waals surface area contributed by atoms with Gasteiger partial charge in [-0.05, 0) is 50.3 Å². The normalized spacial score (nSPS) is 20.7. The molecule has 6 heteroatoms. The molecule has 2 atom stereocenters. The lowest BCUT2D eigenvalue weighted by Crippen LogP contribution is -2.48. The van der Waals surface area contributed by atoms with Gasteiger partial charge < -0.3 is 15.4 Å². The third-order valence-electron chi connectivity index (χ3n) is 4.68. The smallest absolute Gasteiger partial charge is 0.222 e. The van der Waals surface area contributed by atoms with E-state index < -0.39 is 5.82 Å². The van der Waals surface area contributed by atoms with Gasteiger partial charge in [-0.15, -0.1) is 0 Å². The number of halogens is 1. The number of primary amides is 1. The van der Waals surface area contributed by atoms with Gasteiger partial charge in [0.2, 0.25) is 11.8 Å². The Morgan fingerprint density at radius 2 is 2.12 bits per heavy atom. The Morgan fingerprint density at radius 3 is 2.75 bits per heavy atom. The van der Waals surface area contributed by atoms with Crippen LogP contribution in [0.1, 0.15) is 38.2 Å². The number of methoxy groups -OCH3 is 1. The van der Waals surface area contributed by atoms with Gasteiger partial charge in [-0.2, -0.15) is 0 Å². The van der Waals surface area contributed by atoms with Crippen molar-refractivity contribution in [2.75, 3.05) is 13.7 Å². The number of amides is 2. The van der Waals surface area contributed by atoms with Crippen LogP contribution in [0.25, 0.3) is 0 Å². The monoisotopic (exact) mass is 336 g/mol. The van der Waals surface area contributed by atoms with Crippen molar-refractivity contribution in [3.63, 3.8) is 0 Å². The molecule has 1 fully saturated rings. The summed E-state index contributed by atoms with van der Waals surface area (Å²) in [5, 5.41) is 0. The molecule has 1 aliphatic heterocycles. The van der Waals surface area contributed by atoms with Crippen LogP contribution in [0.5, 0.6) is 5.75 Å². The predicted molar refractivity (Wildman–Crippen MR) is 89.0 cm³/mol. The topological polar surface area (TPSA) is 72.6 Å². The van der Waals surface area contributed by atoms with Crippen molar-refractivity contribution < 1.29 is 18.7 Å². The molecule has 0 unspecified atom stereocenters. The minimum Gasteiger partial charge on any atom is -0.494 e. The Balaban J connectivity index is 1.86. The van der Waals surface area contributed by atoms with Crippen molar-refractivity contribution >= 4 is 11.8 Å². The minimum absolute atomic E-state index is 0.0300. The van der Waals surface area contributed by atoms with Crippen LogP contribution < -0.4 is 10.5 Å². The number of carbonyl (C=O) groups is 2. The van der Waals surface area contributed by atoms with Crippen LogP contribution in [0.4, 0.5) is 4.39 Å². The van der Waals surface area contributed by atoms with E-state index in [0.717, 1.165) is 18.4 Å². The number of piperidine rings is 1. The molecule has 0 aliphatic carbocycles. The largest absolute Gasteiger partial charge is 0.494 e. The Kier molecular flexibility index (Phi) is 6.17. The number of hydrogen-bond donors (Lipinski definition) is 1. The first-order valence-corrected chi connectivity index (χ1v) is 8.33.